The van der Waals surface area contributed by atoms with E-state index in [1.807, 2.05) is 0 Å². The summed E-state index contributed by atoms with van der Waals surface area (Å²) in [6.45, 7) is 1.95. The number of carboxylic acid groups (broad SMARTS) is 1. The highest BCUT2D eigenvalue weighted by atomic mass is 31.2. The lowest BCUT2D eigenvalue weighted by Crippen LogP contribution is -2.41. The van der Waals surface area contributed by atoms with E-state index in [2.05, 4.69) is 20.0 Å². The van der Waals surface area contributed by atoms with Gasteiger partial charge in [-0.05, 0) is 6.92 Å². The number of ether oxygens (including phenoxy) is 1. The van der Waals surface area contributed by atoms with E-state index < -0.39 is 19.9 Å². The summed E-state index contributed by atoms with van der Waals surface area (Å²) in [6.07, 6.45) is 2.51. The Kier molecular flexibility index (Phi) is 4.61. The van der Waals surface area contributed by atoms with Crippen molar-refractivity contribution in [2.24, 2.45) is 0 Å². The maximum atomic E-state index is 10.9. The van der Waals surface area contributed by atoms with Gasteiger partial charge in [0.2, 0.25) is 6.35 Å². The zero-order valence-electron chi connectivity index (χ0n) is 12.9. The van der Waals surface area contributed by atoms with Crippen LogP contribution >= 0.6 is 7.87 Å². The van der Waals surface area contributed by atoms with E-state index in [4.69, 9.17) is 20.1 Å². The number of nitrogens with zero attached hydrogens (tertiary/aromatic N) is 4. The molecule has 1 fully saturated rings. The van der Waals surface area contributed by atoms with E-state index in [0.29, 0.717) is 23.5 Å². The van der Waals surface area contributed by atoms with Gasteiger partial charge in [0.15, 0.2) is 11.5 Å². The van der Waals surface area contributed by atoms with Gasteiger partial charge in [0, 0.05) is 0 Å². The Labute approximate surface area is 137 Å². The van der Waals surface area contributed by atoms with E-state index in [1.54, 1.807) is 10.9 Å². The van der Waals surface area contributed by atoms with Gasteiger partial charge in [0.1, 0.15) is 30.6 Å². The number of nitrogens with two attached hydrogens (primary N) is 1. The van der Waals surface area contributed by atoms with Gasteiger partial charge in [-0.25, -0.2) is 15.0 Å². The van der Waals surface area contributed by atoms with E-state index in [9.17, 15) is 9.69 Å². The number of imidazole rings is 1. The Morgan fingerprint density at radius 3 is 3.04 bits per heavy atom. The van der Waals surface area contributed by atoms with Crippen LogP contribution in [0.3, 0.4) is 0 Å². The highest BCUT2D eigenvalue weighted by Crippen LogP contribution is 2.54. The first-order valence-corrected chi connectivity index (χ1v) is 9.01. The van der Waals surface area contributed by atoms with Crippen molar-refractivity contribution in [3.05, 3.63) is 12.7 Å². The summed E-state index contributed by atoms with van der Waals surface area (Å²) in [6, 6.07) is -0.930. The normalized spacial score (nSPS) is 25.7. The van der Waals surface area contributed by atoms with E-state index in [-0.39, 0.29) is 19.1 Å². The lowest BCUT2D eigenvalue weighted by molar-refractivity contribution is -0.138. The molecule has 0 aliphatic carbocycles. The van der Waals surface area contributed by atoms with Crippen molar-refractivity contribution in [3.8, 4) is 0 Å². The Balaban J connectivity index is 1.63. The molecule has 0 bridgehead atoms. The number of hydrogen-bond acceptors (Lipinski definition) is 9. The molecule has 0 saturated carbocycles. The first kappa shape index (κ1) is 16.9. The first-order valence-electron chi connectivity index (χ1n) is 7.17. The van der Waals surface area contributed by atoms with Crippen molar-refractivity contribution in [3.63, 3.8) is 0 Å². The number of nitrogens with one attached hydrogen (secondary N) is 1. The van der Waals surface area contributed by atoms with Crippen LogP contribution in [-0.2, 0) is 20.6 Å². The van der Waals surface area contributed by atoms with Crippen molar-refractivity contribution in [1.82, 2.24) is 24.6 Å². The number of carbonyl (C=O) groups is 1. The lowest BCUT2D eigenvalue weighted by atomic mass is 10.3. The van der Waals surface area contributed by atoms with Crippen LogP contribution in [0, 0.1) is 0 Å². The molecule has 3 rings (SSSR count). The van der Waals surface area contributed by atoms with E-state index >= 15 is 0 Å². The number of aromatic nitrogens is 4. The molecule has 3 heterocycles. The SMILES string of the molecule is C[C@H](N[P+]1(O)CO[C@@H](Cn2cnc3c(N)ncnc32)CO1)C(=O)O. The van der Waals surface area contributed by atoms with Crippen molar-refractivity contribution < 1.29 is 24.1 Å². The largest absolute Gasteiger partial charge is 0.480 e. The quantitative estimate of drug-likeness (QED) is 0.519. The molecule has 1 unspecified atom stereocenters. The van der Waals surface area contributed by atoms with Gasteiger partial charge >= 0.3 is 13.8 Å². The summed E-state index contributed by atoms with van der Waals surface area (Å²) < 4.78 is 12.8. The molecule has 24 heavy (non-hydrogen) atoms. The van der Waals surface area contributed by atoms with Gasteiger partial charge < -0.3 is 20.1 Å². The molecule has 12 heteroatoms. The molecule has 0 aromatic carbocycles. The van der Waals surface area contributed by atoms with Crippen LogP contribution in [0.2, 0.25) is 0 Å². The summed E-state index contributed by atoms with van der Waals surface area (Å²) in [7, 11) is -3.08. The van der Waals surface area contributed by atoms with E-state index in [1.165, 1.54) is 13.3 Å². The van der Waals surface area contributed by atoms with Crippen LogP contribution in [0.1, 0.15) is 6.92 Å². The third-order valence-electron chi connectivity index (χ3n) is 3.55. The van der Waals surface area contributed by atoms with Crippen LogP contribution in [-0.4, -0.2) is 60.6 Å². The van der Waals surface area contributed by atoms with Crippen molar-refractivity contribution in [1.29, 1.82) is 0 Å². The van der Waals surface area contributed by atoms with Gasteiger partial charge in [-0.15, -0.1) is 5.09 Å². The topological polar surface area (TPSA) is 158 Å². The van der Waals surface area contributed by atoms with Crippen molar-refractivity contribution in [2.75, 3.05) is 18.7 Å². The summed E-state index contributed by atoms with van der Waals surface area (Å²) in [5.41, 5.74) is 6.83. The Morgan fingerprint density at radius 2 is 2.38 bits per heavy atom. The fraction of sp³-hybridized carbons (Fsp3) is 0.500. The molecule has 5 N–H and O–H groups in total. The minimum absolute atomic E-state index is 0.0982. The number of rotatable bonds is 5. The fourth-order valence-corrected chi connectivity index (χ4v) is 4.05. The molecule has 2 aromatic heterocycles. The highest BCUT2D eigenvalue weighted by molar-refractivity contribution is 7.63. The third kappa shape index (κ3) is 3.45. The molecule has 11 nitrogen and oxygen atoms in total. The molecule has 2 aromatic rings. The number of carboxylic acids is 1. The second kappa shape index (κ2) is 6.54. The smallest absolute Gasteiger partial charge is 0.371 e. The zero-order valence-corrected chi connectivity index (χ0v) is 13.8. The summed E-state index contributed by atoms with van der Waals surface area (Å²) in [4.78, 5) is 33.3. The second-order valence-electron chi connectivity index (χ2n) is 5.43. The van der Waals surface area contributed by atoms with Gasteiger partial charge in [-0.3, -0.25) is 4.79 Å². The highest BCUT2D eigenvalue weighted by Gasteiger charge is 2.46. The molecular weight excluding hydrogens is 339 g/mol. The molecule has 3 atom stereocenters. The summed E-state index contributed by atoms with van der Waals surface area (Å²) in [5, 5.41) is 11.5. The van der Waals surface area contributed by atoms with Gasteiger partial charge in [-0.2, -0.15) is 9.42 Å². The second-order valence-corrected chi connectivity index (χ2v) is 7.61. The van der Waals surface area contributed by atoms with Crippen LogP contribution < -0.4 is 10.8 Å². The van der Waals surface area contributed by atoms with Gasteiger partial charge in [0.25, 0.3) is 0 Å². The Bertz CT molecular complexity index is 747. The van der Waals surface area contributed by atoms with Crippen molar-refractivity contribution >= 4 is 30.8 Å². The number of nitrogen functional groups attached to an aromatic ring is 1. The first-order chi connectivity index (χ1) is 11.4. The molecular formula is C12H18N6O5P+. The third-order valence-corrected chi connectivity index (χ3v) is 5.42. The molecule has 1 aliphatic heterocycles. The zero-order chi connectivity index (χ0) is 17.3. The standard InChI is InChI=1S/C12H17N6O5P/c1-7(12(19)20)17-24(21)6-22-8(3-23-24)2-18-5-16-9-10(13)14-4-15-11(9)18/h4-5,7-8,17,21H,2-3,6H2,1H3,(H2-,13,14,15,19,20)/p+1/t7-,8-,24?/m0/s1. The van der Waals surface area contributed by atoms with Crippen molar-refractivity contribution in [2.45, 2.75) is 25.6 Å². The van der Waals surface area contributed by atoms with Crippen LogP contribution in [0.25, 0.3) is 11.2 Å². The molecule has 0 radical (unpaired) electrons. The van der Waals surface area contributed by atoms with E-state index in [0.717, 1.165) is 0 Å². The average Bonchev–Trinajstić information content (AvgIpc) is 2.94. The lowest BCUT2D eigenvalue weighted by Gasteiger charge is -2.29. The molecule has 130 valence electrons. The maximum absolute atomic E-state index is 10.9. The van der Waals surface area contributed by atoms with Crippen LogP contribution in [0.5, 0.6) is 0 Å². The predicted octanol–water partition coefficient (Wildman–Crippen LogP) is -0.401. The predicted molar refractivity (Wildman–Crippen MR) is 84.8 cm³/mol. The monoisotopic (exact) mass is 357 g/mol. The minimum Gasteiger partial charge on any atom is -0.480 e. The molecule has 1 aliphatic rings. The number of fused-ring (bicyclic) bond motifs is 1. The minimum atomic E-state index is -3.08. The Hall–Kier alpha value is -1.91. The van der Waals surface area contributed by atoms with Gasteiger partial charge in [-0.1, -0.05) is 0 Å². The Morgan fingerprint density at radius 1 is 1.58 bits per heavy atom. The number of aliphatic carboxylic acids is 1. The van der Waals surface area contributed by atoms with Crippen LogP contribution in [0.4, 0.5) is 5.82 Å². The molecule has 1 saturated heterocycles. The molecule has 0 amide bonds. The number of hydrogen-bond donors (Lipinski definition) is 4. The maximum Gasteiger partial charge on any atom is 0.371 e. The average molecular weight is 357 g/mol. The van der Waals surface area contributed by atoms with Crippen LogP contribution in [0.15, 0.2) is 12.7 Å². The summed E-state index contributed by atoms with van der Waals surface area (Å²) in [5.74, 6) is -0.775. The summed E-state index contributed by atoms with van der Waals surface area (Å²) >= 11 is 0. The van der Waals surface area contributed by atoms with Gasteiger partial charge in [0.05, 0.1) is 12.9 Å². The number of anilines is 1. The molecule has 0 spiro atoms. The fourth-order valence-electron chi connectivity index (χ4n) is 2.29.